The van der Waals surface area contributed by atoms with Crippen molar-refractivity contribution < 1.29 is 9.84 Å². The Bertz CT molecular complexity index is 436. The molecule has 1 aliphatic rings. The van der Waals surface area contributed by atoms with Gasteiger partial charge in [-0.2, -0.15) is 0 Å². The monoisotopic (exact) mass is 295 g/mol. The molecule has 0 saturated heterocycles. The SMILES string of the molecule is OC(CNC1CC=CCC1)COCc1ccccc1Cl. The maximum Gasteiger partial charge on any atom is 0.0897 e. The molecule has 2 unspecified atom stereocenters. The fourth-order valence-corrected chi connectivity index (χ4v) is 2.45. The molecule has 0 aliphatic heterocycles. The van der Waals surface area contributed by atoms with E-state index in [9.17, 15) is 5.11 Å². The summed E-state index contributed by atoms with van der Waals surface area (Å²) in [6.45, 7) is 1.32. The van der Waals surface area contributed by atoms with E-state index in [1.165, 1.54) is 0 Å². The molecule has 0 spiro atoms. The first-order chi connectivity index (χ1) is 9.75. The molecule has 20 heavy (non-hydrogen) atoms. The Morgan fingerprint density at radius 3 is 2.95 bits per heavy atom. The number of hydrogen-bond acceptors (Lipinski definition) is 3. The number of halogens is 1. The summed E-state index contributed by atoms with van der Waals surface area (Å²) in [5.41, 5.74) is 0.951. The molecule has 0 saturated carbocycles. The van der Waals surface area contributed by atoms with Gasteiger partial charge in [0.2, 0.25) is 0 Å². The highest BCUT2D eigenvalue weighted by Crippen LogP contribution is 2.15. The van der Waals surface area contributed by atoms with Crippen LogP contribution in [0.5, 0.6) is 0 Å². The van der Waals surface area contributed by atoms with Gasteiger partial charge in [0.05, 0.1) is 19.3 Å². The van der Waals surface area contributed by atoms with Crippen LogP contribution in [0.3, 0.4) is 0 Å². The topological polar surface area (TPSA) is 41.5 Å². The zero-order valence-electron chi connectivity index (χ0n) is 11.6. The third-order valence-electron chi connectivity index (χ3n) is 3.44. The van der Waals surface area contributed by atoms with Crippen LogP contribution in [0.4, 0.5) is 0 Å². The van der Waals surface area contributed by atoms with E-state index < -0.39 is 6.10 Å². The molecule has 2 atom stereocenters. The number of benzene rings is 1. The van der Waals surface area contributed by atoms with Crippen LogP contribution in [-0.4, -0.2) is 30.4 Å². The average molecular weight is 296 g/mol. The molecule has 3 nitrogen and oxygen atoms in total. The van der Waals surface area contributed by atoms with Crippen molar-refractivity contribution in [2.45, 2.75) is 38.0 Å². The maximum absolute atomic E-state index is 9.89. The largest absolute Gasteiger partial charge is 0.389 e. The van der Waals surface area contributed by atoms with Crippen molar-refractivity contribution in [2.75, 3.05) is 13.2 Å². The van der Waals surface area contributed by atoms with Crippen molar-refractivity contribution in [2.24, 2.45) is 0 Å². The predicted molar refractivity (Wildman–Crippen MR) is 81.9 cm³/mol. The molecule has 2 N–H and O–H groups in total. The third kappa shape index (κ3) is 5.25. The molecule has 4 heteroatoms. The van der Waals surface area contributed by atoms with Gasteiger partial charge >= 0.3 is 0 Å². The maximum atomic E-state index is 9.89. The smallest absolute Gasteiger partial charge is 0.0897 e. The molecular weight excluding hydrogens is 274 g/mol. The minimum Gasteiger partial charge on any atom is -0.389 e. The van der Waals surface area contributed by atoms with Crippen molar-refractivity contribution in [1.29, 1.82) is 0 Å². The summed E-state index contributed by atoms with van der Waals surface area (Å²) in [6, 6.07) is 8.08. The van der Waals surface area contributed by atoms with Crippen molar-refractivity contribution in [1.82, 2.24) is 5.32 Å². The van der Waals surface area contributed by atoms with Crippen molar-refractivity contribution in [3.8, 4) is 0 Å². The average Bonchev–Trinajstić information content (AvgIpc) is 2.48. The molecule has 0 fully saturated rings. The van der Waals surface area contributed by atoms with Gasteiger partial charge in [0.25, 0.3) is 0 Å². The molecule has 0 heterocycles. The first kappa shape index (κ1) is 15.5. The van der Waals surface area contributed by atoms with Gasteiger partial charge in [-0.05, 0) is 30.9 Å². The molecule has 1 aromatic carbocycles. The summed E-state index contributed by atoms with van der Waals surface area (Å²) >= 11 is 6.04. The first-order valence-corrected chi connectivity index (χ1v) is 7.51. The second kappa shape index (κ2) is 8.42. The van der Waals surface area contributed by atoms with Gasteiger partial charge in [0, 0.05) is 17.6 Å². The summed E-state index contributed by atoms with van der Waals surface area (Å²) in [6.07, 6.45) is 7.24. The van der Waals surface area contributed by atoms with Gasteiger partial charge in [-0.15, -0.1) is 0 Å². The fourth-order valence-electron chi connectivity index (χ4n) is 2.26. The van der Waals surface area contributed by atoms with Crippen LogP contribution in [0, 0.1) is 0 Å². The second-order valence-corrected chi connectivity index (χ2v) is 5.56. The van der Waals surface area contributed by atoms with Crippen LogP contribution in [0.15, 0.2) is 36.4 Å². The van der Waals surface area contributed by atoms with E-state index >= 15 is 0 Å². The zero-order chi connectivity index (χ0) is 14.2. The Morgan fingerprint density at radius 2 is 2.20 bits per heavy atom. The van der Waals surface area contributed by atoms with Crippen molar-refractivity contribution in [3.63, 3.8) is 0 Å². The van der Waals surface area contributed by atoms with Gasteiger partial charge in [-0.1, -0.05) is 42.0 Å². The van der Waals surface area contributed by atoms with E-state index in [1.54, 1.807) is 0 Å². The number of ether oxygens (including phenoxy) is 1. The summed E-state index contributed by atoms with van der Waals surface area (Å²) in [5, 5.41) is 14.0. The Kier molecular flexibility index (Phi) is 6.54. The lowest BCUT2D eigenvalue weighted by molar-refractivity contribution is 0.0275. The fraction of sp³-hybridized carbons (Fsp3) is 0.500. The summed E-state index contributed by atoms with van der Waals surface area (Å²) < 4.78 is 5.51. The highest BCUT2D eigenvalue weighted by Gasteiger charge is 2.11. The van der Waals surface area contributed by atoms with Crippen LogP contribution >= 0.6 is 11.6 Å². The standard InChI is InChI=1S/C16H22ClNO2/c17-16-9-5-4-6-13(16)11-20-12-15(19)10-18-14-7-2-1-3-8-14/h1-2,4-6,9,14-15,18-19H,3,7-8,10-12H2. The van der Waals surface area contributed by atoms with E-state index in [4.69, 9.17) is 16.3 Å². The van der Waals surface area contributed by atoms with Crippen molar-refractivity contribution >= 4 is 11.6 Å². The zero-order valence-corrected chi connectivity index (χ0v) is 12.4. The van der Waals surface area contributed by atoms with Gasteiger partial charge < -0.3 is 15.2 Å². The highest BCUT2D eigenvalue weighted by atomic mass is 35.5. The van der Waals surface area contributed by atoms with E-state index in [2.05, 4.69) is 17.5 Å². The third-order valence-corrected chi connectivity index (χ3v) is 3.81. The lowest BCUT2D eigenvalue weighted by Crippen LogP contribution is -2.37. The minimum absolute atomic E-state index is 0.320. The van der Waals surface area contributed by atoms with Gasteiger partial charge in [-0.3, -0.25) is 0 Å². The van der Waals surface area contributed by atoms with Crippen LogP contribution in [0.25, 0.3) is 0 Å². The number of aliphatic hydroxyl groups is 1. The predicted octanol–water partition coefficient (Wildman–Crippen LogP) is 2.92. The molecule has 1 aliphatic carbocycles. The Balaban J connectivity index is 1.61. The van der Waals surface area contributed by atoms with E-state index in [0.29, 0.717) is 30.8 Å². The molecule has 0 bridgehead atoms. The quantitative estimate of drug-likeness (QED) is 0.760. The number of allylic oxidation sites excluding steroid dienone is 1. The normalized spacial score (nSPS) is 20.0. The summed E-state index contributed by atoms with van der Waals surface area (Å²) in [5.74, 6) is 0. The molecule has 0 aromatic heterocycles. The van der Waals surface area contributed by atoms with Crippen LogP contribution in [0.2, 0.25) is 5.02 Å². The lowest BCUT2D eigenvalue weighted by atomic mass is 10.0. The number of aliphatic hydroxyl groups excluding tert-OH is 1. The van der Waals surface area contributed by atoms with E-state index in [-0.39, 0.29) is 0 Å². The number of hydrogen-bond donors (Lipinski definition) is 2. The highest BCUT2D eigenvalue weighted by molar-refractivity contribution is 6.31. The Hall–Kier alpha value is -0.870. The molecule has 2 rings (SSSR count). The molecule has 1 aromatic rings. The summed E-state index contributed by atoms with van der Waals surface area (Å²) in [4.78, 5) is 0. The molecular formula is C16H22ClNO2. The van der Waals surface area contributed by atoms with Crippen LogP contribution in [0.1, 0.15) is 24.8 Å². The van der Waals surface area contributed by atoms with E-state index in [1.807, 2.05) is 24.3 Å². The first-order valence-electron chi connectivity index (χ1n) is 7.13. The second-order valence-electron chi connectivity index (χ2n) is 5.15. The minimum atomic E-state index is -0.483. The van der Waals surface area contributed by atoms with Crippen molar-refractivity contribution in [3.05, 3.63) is 47.0 Å². The molecule has 0 amide bonds. The van der Waals surface area contributed by atoms with Crippen LogP contribution in [-0.2, 0) is 11.3 Å². The van der Waals surface area contributed by atoms with Crippen LogP contribution < -0.4 is 5.32 Å². The summed E-state index contributed by atoms with van der Waals surface area (Å²) in [7, 11) is 0. The van der Waals surface area contributed by atoms with Gasteiger partial charge in [-0.25, -0.2) is 0 Å². The van der Waals surface area contributed by atoms with Gasteiger partial charge in [0.1, 0.15) is 0 Å². The Morgan fingerprint density at radius 1 is 1.35 bits per heavy atom. The number of rotatable bonds is 7. The Labute approximate surface area is 125 Å². The van der Waals surface area contributed by atoms with Gasteiger partial charge in [0.15, 0.2) is 0 Å². The molecule has 110 valence electrons. The lowest BCUT2D eigenvalue weighted by Gasteiger charge is -2.21. The number of nitrogens with one attached hydrogen (secondary N) is 1. The molecule has 0 radical (unpaired) electrons. The van der Waals surface area contributed by atoms with E-state index in [0.717, 1.165) is 24.8 Å².